The van der Waals surface area contributed by atoms with Crippen LogP contribution in [0.3, 0.4) is 0 Å². The second kappa shape index (κ2) is 6.26. The van der Waals surface area contributed by atoms with Crippen molar-refractivity contribution in [3.05, 3.63) is 48.3 Å². The van der Waals surface area contributed by atoms with Gasteiger partial charge in [-0.2, -0.15) is 0 Å². The van der Waals surface area contributed by atoms with Gasteiger partial charge in [-0.1, -0.05) is 42.1 Å². The van der Waals surface area contributed by atoms with Crippen molar-refractivity contribution >= 4 is 17.7 Å². The van der Waals surface area contributed by atoms with E-state index in [1.165, 1.54) is 5.56 Å². The molecule has 0 aliphatic carbocycles. The van der Waals surface area contributed by atoms with Gasteiger partial charge in [-0.05, 0) is 5.56 Å². The van der Waals surface area contributed by atoms with Gasteiger partial charge in [0.05, 0.1) is 0 Å². The van der Waals surface area contributed by atoms with Crippen LogP contribution < -0.4 is 5.73 Å². The molecule has 1 amide bonds. The summed E-state index contributed by atoms with van der Waals surface area (Å²) in [5.41, 5.74) is 6.34. The second-order valence-corrected chi connectivity index (χ2v) is 4.95. The maximum Gasteiger partial charge on any atom is 0.218 e. The van der Waals surface area contributed by atoms with Gasteiger partial charge in [0.25, 0.3) is 0 Å². The summed E-state index contributed by atoms with van der Waals surface area (Å²) in [6.45, 7) is 0.791. The smallest absolute Gasteiger partial charge is 0.218 e. The number of carbonyl (C=O) groups excluding carboxylic acids is 1. The number of imidazole rings is 1. The molecule has 2 N–H and O–H groups in total. The average molecular weight is 261 g/mol. The highest BCUT2D eigenvalue weighted by atomic mass is 32.2. The normalized spacial score (nSPS) is 10.4. The zero-order chi connectivity index (χ0) is 12.8. The van der Waals surface area contributed by atoms with E-state index in [1.54, 1.807) is 18.0 Å². The number of amides is 1. The first-order valence-electron chi connectivity index (χ1n) is 5.72. The van der Waals surface area contributed by atoms with E-state index in [0.29, 0.717) is 12.2 Å². The summed E-state index contributed by atoms with van der Waals surface area (Å²) in [5, 5.41) is 0.917. The van der Waals surface area contributed by atoms with Gasteiger partial charge in [-0.3, -0.25) is 4.79 Å². The molecule has 5 heteroatoms. The number of aromatic nitrogens is 2. The van der Waals surface area contributed by atoms with Gasteiger partial charge in [0, 0.05) is 31.1 Å². The largest absolute Gasteiger partial charge is 0.370 e. The SMILES string of the molecule is NC(=O)CCSc1nccn1Cc1ccccc1. The predicted octanol–water partition coefficient (Wildman–Crippen LogP) is 1.90. The standard InChI is InChI=1S/C13H15N3OS/c14-12(17)6-9-18-13-15-7-8-16(13)10-11-4-2-1-3-5-11/h1-5,7-8H,6,9-10H2,(H2,14,17). The second-order valence-electron chi connectivity index (χ2n) is 3.89. The molecule has 0 atom stereocenters. The first-order chi connectivity index (χ1) is 8.75. The van der Waals surface area contributed by atoms with E-state index in [2.05, 4.69) is 21.7 Å². The molecule has 0 saturated heterocycles. The molecular formula is C13H15N3OS. The number of benzene rings is 1. The van der Waals surface area contributed by atoms with Gasteiger partial charge in [0.2, 0.25) is 5.91 Å². The molecule has 1 aromatic heterocycles. The Hall–Kier alpha value is -1.75. The first-order valence-corrected chi connectivity index (χ1v) is 6.70. The van der Waals surface area contributed by atoms with E-state index < -0.39 is 0 Å². The summed E-state index contributed by atoms with van der Waals surface area (Å²) in [7, 11) is 0. The molecule has 0 aliphatic heterocycles. The Bertz CT molecular complexity index is 510. The van der Waals surface area contributed by atoms with E-state index in [0.717, 1.165) is 11.7 Å². The number of carbonyl (C=O) groups is 1. The van der Waals surface area contributed by atoms with Crippen LogP contribution in [0.4, 0.5) is 0 Å². The monoisotopic (exact) mass is 261 g/mol. The number of hydrogen-bond donors (Lipinski definition) is 1. The lowest BCUT2D eigenvalue weighted by Crippen LogP contribution is -2.11. The fourth-order valence-electron chi connectivity index (χ4n) is 1.58. The van der Waals surface area contributed by atoms with Crippen molar-refractivity contribution in [1.82, 2.24) is 9.55 Å². The van der Waals surface area contributed by atoms with Crippen molar-refractivity contribution < 1.29 is 4.79 Å². The lowest BCUT2D eigenvalue weighted by atomic mass is 10.2. The van der Waals surface area contributed by atoms with E-state index in [9.17, 15) is 4.79 Å². The van der Waals surface area contributed by atoms with E-state index in [4.69, 9.17) is 5.73 Å². The van der Waals surface area contributed by atoms with Gasteiger partial charge >= 0.3 is 0 Å². The Labute approximate surface area is 110 Å². The number of nitrogens with two attached hydrogens (primary N) is 1. The number of rotatable bonds is 6. The van der Waals surface area contributed by atoms with Crippen molar-refractivity contribution in [1.29, 1.82) is 0 Å². The van der Waals surface area contributed by atoms with E-state index in [1.807, 2.05) is 24.4 Å². The predicted molar refractivity (Wildman–Crippen MR) is 72.3 cm³/mol. The fraction of sp³-hybridized carbons (Fsp3) is 0.231. The molecule has 0 fully saturated rings. The Morgan fingerprint density at radius 2 is 2.11 bits per heavy atom. The average Bonchev–Trinajstić information content (AvgIpc) is 2.78. The lowest BCUT2D eigenvalue weighted by Gasteiger charge is -2.07. The molecule has 2 rings (SSSR count). The van der Waals surface area contributed by atoms with Crippen LogP contribution in [-0.2, 0) is 11.3 Å². The molecule has 4 nitrogen and oxygen atoms in total. The number of primary amides is 1. The van der Waals surface area contributed by atoms with Crippen LogP contribution in [0.5, 0.6) is 0 Å². The molecule has 0 aliphatic rings. The van der Waals surface area contributed by atoms with Gasteiger partial charge in [-0.25, -0.2) is 4.98 Å². The molecular weight excluding hydrogens is 246 g/mol. The Morgan fingerprint density at radius 3 is 2.83 bits per heavy atom. The first kappa shape index (κ1) is 12.7. The van der Waals surface area contributed by atoms with Crippen LogP contribution in [0.15, 0.2) is 47.9 Å². The van der Waals surface area contributed by atoms with Crippen molar-refractivity contribution in [3.8, 4) is 0 Å². The van der Waals surface area contributed by atoms with Crippen LogP contribution in [-0.4, -0.2) is 21.2 Å². The number of nitrogens with zero attached hydrogens (tertiary/aromatic N) is 2. The van der Waals surface area contributed by atoms with E-state index >= 15 is 0 Å². The summed E-state index contributed by atoms with van der Waals surface area (Å²) < 4.78 is 2.07. The summed E-state index contributed by atoms with van der Waals surface area (Å²) in [6, 6.07) is 10.2. The fourth-order valence-corrected chi connectivity index (χ4v) is 2.49. The van der Waals surface area contributed by atoms with Crippen molar-refractivity contribution in [2.75, 3.05) is 5.75 Å². The van der Waals surface area contributed by atoms with Gasteiger partial charge < -0.3 is 10.3 Å². The van der Waals surface area contributed by atoms with Crippen LogP contribution in [0.25, 0.3) is 0 Å². The molecule has 1 aromatic carbocycles. The zero-order valence-corrected chi connectivity index (χ0v) is 10.8. The summed E-state index contributed by atoms with van der Waals surface area (Å²) in [4.78, 5) is 15.0. The third-order valence-electron chi connectivity index (χ3n) is 2.45. The highest BCUT2D eigenvalue weighted by Gasteiger charge is 2.05. The highest BCUT2D eigenvalue weighted by Crippen LogP contribution is 2.17. The third-order valence-corrected chi connectivity index (χ3v) is 3.46. The minimum atomic E-state index is -0.274. The number of thioether (sulfide) groups is 1. The van der Waals surface area contributed by atoms with Gasteiger partial charge in [0.15, 0.2) is 5.16 Å². The van der Waals surface area contributed by atoms with Gasteiger partial charge in [-0.15, -0.1) is 0 Å². The van der Waals surface area contributed by atoms with Crippen molar-refractivity contribution in [2.45, 2.75) is 18.1 Å². The quantitative estimate of drug-likeness (QED) is 0.808. The Kier molecular flexibility index (Phi) is 4.41. The molecule has 0 bridgehead atoms. The minimum absolute atomic E-state index is 0.274. The van der Waals surface area contributed by atoms with E-state index in [-0.39, 0.29) is 5.91 Å². The maximum absolute atomic E-state index is 10.7. The molecule has 2 aromatic rings. The lowest BCUT2D eigenvalue weighted by molar-refractivity contribution is -0.117. The molecule has 18 heavy (non-hydrogen) atoms. The van der Waals surface area contributed by atoms with Crippen LogP contribution >= 0.6 is 11.8 Å². The molecule has 0 radical (unpaired) electrons. The topological polar surface area (TPSA) is 60.9 Å². The Morgan fingerprint density at radius 1 is 1.33 bits per heavy atom. The third kappa shape index (κ3) is 3.63. The van der Waals surface area contributed by atoms with Crippen LogP contribution in [0, 0.1) is 0 Å². The maximum atomic E-state index is 10.7. The van der Waals surface area contributed by atoms with Crippen molar-refractivity contribution in [3.63, 3.8) is 0 Å². The van der Waals surface area contributed by atoms with Crippen molar-refractivity contribution in [2.24, 2.45) is 5.73 Å². The molecule has 0 spiro atoms. The highest BCUT2D eigenvalue weighted by molar-refractivity contribution is 7.99. The summed E-state index contributed by atoms with van der Waals surface area (Å²) in [5.74, 6) is 0.393. The molecule has 0 saturated carbocycles. The Balaban J connectivity index is 1.97. The zero-order valence-electron chi connectivity index (χ0n) is 9.95. The molecule has 1 heterocycles. The number of hydrogen-bond acceptors (Lipinski definition) is 3. The summed E-state index contributed by atoms with van der Waals surface area (Å²) in [6.07, 6.45) is 4.10. The van der Waals surface area contributed by atoms with Crippen LogP contribution in [0.1, 0.15) is 12.0 Å². The molecule has 0 unspecified atom stereocenters. The van der Waals surface area contributed by atoms with Crippen LogP contribution in [0.2, 0.25) is 0 Å². The summed E-state index contributed by atoms with van der Waals surface area (Å²) >= 11 is 1.55. The minimum Gasteiger partial charge on any atom is -0.370 e. The van der Waals surface area contributed by atoms with Gasteiger partial charge in [0.1, 0.15) is 0 Å². The molecule has 94 valence electrons.